The molecule has 0 saturated heterocycles. The van der Waals surface area contributed by atoms with Crippen molar-refractivity contribution >= 4 is 22.6 Å². The van der Waals surface area contributed by atoms with Crippen LogP contribution in [0.1, 0.15) is 19.4 Å². The maximum atomic E-state index is 9.67. The van der Waals surface area contributed by atoms with Crippen LogP contribution in [0, 0.1) is 3.57 Å². The summed E-state index contributed by atoms with van der Waals surface area (Å²) in [6, 6.07) is 7.85. The summed E-state index contributed by atoms with van der Waals surface area (Å²) in [6.45, 7) is 3.59. The van der Waals surface area contributed by atoms with Gasteiger partial charge in [0.2, 0.25) is 0 Å². The molecular weight excluding hydrogens is 251 g/mol. The summed E-state index contributed by atoms with van der Waals surface area (Å²) in [7, 11) is 0. The molecule has 2 heteroatoms. The Balaban J connectivity index is 3.14. The van der Waals surface area contributed by atoms with Crippen molar-refractivity contribution in [1.82, 2.24) is 0 Å². The van der Waals surface area contributed by atoms with E-state index in [0.717, 1.165) is 9.13 Å². The lowest BCUT2D eigenvalue weighted by molar-refractivity contribution is 0.0777. The molecule has 1 N–H and O–H groups in total. The van der Waals surface area contributed by atoms with E-state index in [-0.39, 0.29) is 0 Å². The Morgan fingerprint density at radius 3 is 2.18 bits per heavy atom. The average molecular weight is 262 g/mol. The van der Waals surface area contributed by atoms with Gasteiger partial charge in [-0.05, 0) is 48.1 Å². The molecule has 0 aromatic heterocycles. The standard InChI is InChI=1S/C9H11IO/c1-9(2,11)7-5-3-4-6-8(7)10/h3-6,11H,1-2H3. The van der Waals surface area contributed by atoms with Crippen molar-refractivity contribution in [2.24, 2.45) is 0 Å². The molecule has 0 aliphatic rings. The van der Waals surface area contributed by atoms with E-state index >= 15 is 0 Å². The fourth-order valence-electron chi connectivity index (χ4n) is 0.957. The van der Waals surface area contributed by atoms with Gasteiger partial charge in [-0.1, -0.05) is 18.2 Å². The first kappa shape index (κ1) is 9.00. The summed E-state index contributed by atoms with van der Waals surface area (Å²) in [4.78, 5) is 0. The second-order valence-electron chi connectivity index (χ2n) is 3.04. The third-order valence-electron chi connectivity index (χ3n) is 1.53. The minimum atomic E-state index is -0.724. The first-order valence-electron chi connectivity index (χ1n) is 3.49. The Kier molecular flexibility index (Phi) is 2.54. The number of hydrogen-bond acceptors (Lipinski definition) is 1. The predicted molar refractivity (Wildman–Crippen MR) is 54.4 cm³/mol. The Morgan fingerprint density at radius 1 is 1.27 bits per heavy atom. The van der Waals surface area contributed by atoms with Crippen molar-refractivity contribution in [3.63, 3.8) is 0 Å². The summed E-state index contributed by atoms with van der Waals surface area (Å²) in [5.74, 6) is 0. The molecule has 0 amide bonds. The minimum absolute atomic E-state index is 0.724. The maximum Gasteiger partial charge on any atom is 0.0850 e. The van der Waals surface area contributed by atoms with Crippen molar-refractivity contribution in [2.45, 2.75) is 19.4 Å². The van der Waals surface area contributed by atoms with Gasteiger partial charge in [-0.3, -0.25) is 0 Å². The SMILES string of the molecule is CC(C)(O)c1ccccc1I. The Bertz CT molecular complexity index is 250. The zero-order chi connectivity index (χ0) is 8.48. The Labute approximate surface area is 80.6 Å². The van der Waals surface area contributed by atoms with Crippen LogP contribution < -0.4 is 0 Å². The largest absolute Gasteiger partial charge is 0.386 e. The molecule has 1 rings (SSSR count). The van der Waals surface area contributed by atoms with Crippen LogP contribution in [-0.2, 0) is 5.60 Å². The second-order valence-corrected chi connectivity index (χ2v) is 4.20. The van der Waals surface area contributed by atoms with E-state index < -0.39 is 5.60 Å². The average Bonchev–Trinajstić information content (AvgIpc) is 1.86. The number of rotatable bonds is 1. The summed E-state index contributed by atoms with van der Waals surface area (Å²) in [5.41, 5.74) is 0.262. The monoisotopic (exact) mass is 262 g/mol. The zero-order valence-corrected chi connectivity index (χ0v) is 8.79. The number of halogens is 1. The lowest BCUT2D eigenvalue weighted by Crippen LogP contribution is -2.16. The first-order chi connectivity index (χ1) is 5.02. The fourth-order valence-corrected chi connectivity index (χ4v) is 2.00. The molecule has 0 bridgehead atoms. The van der Waals surface area contributed by atoms with Crippen molar-refractivity contribution in [3.05, 3.63) is 33.4 Å². The van der Waals surface area contributed by atoms with E-state index in [4.69, 9.17) is 0 Å². The number of hydrogen-bond donors (Lipinski definition) is 1. The van der Waals surface area contributed by atoms with Crippen molar-refractivity contribution < 1.29 is 5.11 Å². The summed E-state index contributed by atoms with van der Waals surface area (Å²) in [6.07, 6.45) is 0. The van der Waals surface area contributed by atoms with Gasteiger partial charge in [-0.2, -0.15) is 0 Å². The van der Waals surface area contributed by atoms with Crippen LogP contribution in [0.15, 0.2) is 24.3 Å². The molecule has 1 aromatic carbocycles. The normalized spacial score (nSPS) is 11.6. The number of benzene rings is 1. The highest BCUT2D eigenvalue weighted by atomic mass is 127. The lowest BCUT2D eigenvalue weighted by atomic mass is 9.99. The molecule has 0 fully saturated rings. The van der Waals surface area contributed by atoms with Crippen LogP contribution in [0.2, 0.25) is 0 Å². The van der Waals surface area contributed by atoms with Crippen LogP contribution in [0.3, 0.4) is 0 Å². The second kappa shape index (κ2) is 3.11. The quantitative estimate of drug-likeness (QED) is 0.771. The van der Waals surface area contributed by atoms with Crippen molar-refractivity contribution in [2.75, 3.05) is 0 Å². The fraction of sp³-hybridized carbons (Fsp3) is 0.333. The molecule has 60 valence electrons. The molecule has 1 aromatic rings. The van der Waals surface area contributed by atoms with Crippen LogP contribution in [0.25, 0.3) is 0 Å². The third-order valence-corrected chi connectivity index (χ3v) is 2.47. The van der Waals surface area contributed by atoms with Crippen LogP contribution >= 0.6 is 22.6 Å². The molecule has 0 spiro atoms. The van der Waals surface area contributed by atoms with E-state index in [1.165, 1.54) is 0 Å². The highest BCUT2D eigenvalue weighted by Crippen LogP contribution is 2.24. The van der Waals surface area contributed by atoms with E-state index in [1.54, 1.807) is 13.8 Å². The van der Waals surface area contributed by atoms with Gasteiger partial charge in [0.05, 0.1) is 5.60 Å². The van der Waals surface area contributed by atoms with Gasteiger partial charge < -0.3 is 5.11 Å². The van der Waals surface area contributed by atoms with E-state index in [0.29, 0.717) is 0 Å². The molecule has 0 aliphatic carbocycles. The molecule has 0 radical (unpaired) electrons. The number of aliphatic hydroxyl groups is 1. The van der Waals surface area contributed by atoms with Gasteiger partial charge >= 0.3 is 0 Å². The van der Waals surface area contributed by atoms with Gasteiger partial charge in [0.1, 0.15) is 0 Å². The van der Waals surface area contributed by atoms with Crippen LogP contribution in [0.5, 0.6) is 0 Å². The molecule has 0 unspecified atom stereocenters. The summed E-state index contributed by atoms with van der Waals surface area (Å²) < 4.78 is 1.11. The lowest BCUT2D eigenvalue weighted by Gasteiger charge is -2.18. The van der Waals surface area contributed by atoms with Gasteiger partial charge in [0.15, 0.2) is 0 Å². The molecule has 0 saturated carbocycles. The molecule has 0 atom stereocenters. The zero-order valence-electron chi connectivity index (χ0n) is 6.63. The van der Waals surface area contributed by atoms with Crippen molar-refractivity contribution in [1.29, 1.82) is 0 Å². The minimum Gasteiger partial charge on any atom is -0.386 e. The van der Waals surface area contributed by atoms with Gasteiger partial charge in [-0.25, -0.2) is 0 Å². The highest BCUT2D eigenvalue weighted by Gasteiger charge is 2.17. The Morgan fingerprint density at radius 2 is 1.82 bits per heavy atom. The smallest absolute Gasteiger partial charge is 0.0850 e. The Hall–Kier alpha value is -0.0900. The van der Waals surface area contributed by atoms with Crippen molar-refractivity contribution in [3.8, 4) is 0 Å². The molecule has 0 heterocycles. The molecule has 1 nitrogen and oxygen atoms in total. The van der Waals surface area contributed by atoms with E-state index in [9.17, 15) is 5.11 Å². The summed E-state index contributed by atoms with van der Waals surface area (Å²) >= 11 is 2.23. The molecule has 0 aliphatic heterocycles. The van der Waals surface area contributed by atoms with E-state index in [1.807, 2.05) is 24.3 Å². The predicted octanol–water partition coefficient (Wildman–Crippen LogP) is 2.52. The van der Waals surface area contributed by atoms with Crippen LogP contribution in [0.4, 0.5) is 0 Å². The first-order valence-corrected chi connectivity index (χ1v) is 4.57. The van der Waals surface area contributed by atoms with Gasteiger partial charge in [-0.15, -0.1) is 0 Å². The van der Waals surface area contributed by atoms with Gasteiger partial charge in [0.25, 0.3) is 0 Å². The molecular formula is C9H11IO. The molecule has 11 heavy (non-hydrogen) atoms. The third kappa shape index (κ3) is 2.17. The maximum absolute atomic E-state index is 9.67. The van der Waals surface area contributed by atoms with E-state index in [2.05, 4.69) is 22.6 Å². The van der Waals surface area contributed by atoms with Crippen LogP contribution in [-0.4, -0.2) is 5.11 Å². The highest BCUT2D eigenvalue weighted by molar-refractivity contribution is 14.1. The topological polar surface area (TPSA) is 20.2 Å². The van der Waals surface area contributed by atoms with Gasteiger partial charge in [0, 0.05) is 3.57 Å². The summed E-state index contributed by atoms with van der Waals surface area (Å²) in [5, 5.41) is 9.67.